The first-order valence-electron chi connectivity index (χ1n) is 12.1. The van der Waals surface area contributed by atoms with Crippen LogP contribution in [0.15, 0.2) is 57.3 Å². The molecule has 0 unspecified atom stereocenters. The summed E-state index contributed by atoms with van der Waals surface area (Å²) in [6, 6.07) is 13.4. The van der Waals surface area contributed by atoms with E-state index >= 15 is 0 Å². The zero-order chi connectivity index (χ0) is 25.9. The van der Waals surface area contributed by atoms with Crippen molar-refractivity contribution in [2.45, 2.75) is 62.7 Å². The molecule has 1 aliphatic carbocycles. The van der Waals surface area contributed by atoms with Gasteiger partial charge in [-0.1, -0.05) is 63.8 Å². The lowest BCUT2D eigenvalue weighted by Crippen LogP contribution is -2.44. The fourth-order valence-corrected chi connectivity index (χ4v) is 6.10. The van der Waals surface area contributed by atoms with Crippen molar-refractivity contribution < 1.29 is 23.1 Å². The number of ketones is 1. The van der Waals surface area contributed by atoms with Crippen LogP contribution >= 0.6 is 0 Å². The van der Waals surface area contributed by atoms with Crippen LogP contribution in [0.4, 0.5) is 5.69 Å². The molecule has 1 aliphatic heterocycles. The number of carbonyl (C=O) groups excluding carboxylic acids is 1. The molecule has 2 aliphatic rings. The third-order valence-electron chi connectivity index (χ3n) is 6.75. The maximum atomic E-state index is 14.2. The van der Waals surface area contributed by atoms with Crippen molar-refractivity contribution in [3.05, 3.63) is 59.2 Å². The minimum Gasteiger partial charge on any atom is -0.506 e. The van der Waals surface area contributed by atoms with Crippen LogP contribution < -0.4 is 10.1 Å². The Bertz CT molecular complexity index is 1390. The van der Waals surface area contributed by atoms with Gasteiger partial charge in [0.25, 0.3) is 10.0 Å². The molecule has 1 heterocycles. The van der Waals surface area contributed by atoms with E-state index in [1.807, 2.05) is 18.2 Å². The molecule has 36 heavy (non-hydrogen) atoms. The van der Waals surface area contributed by atoms with Crippen LogP contribution in [0.5, 0.6) is 5.75 Å². The van der Waals surface area contributed by atoms with Crippen molar-refractivity contribution in [3.8, 4) is 11.8 Å². The molecule has 8 nitrogen and oxygen atoms in total. The van der Waals surface area contributed by atoms with Crippen molar-refractivity contribution >= 4 is 33.1 Å². The SMILES string of the molecule is CCCCC1(CCCC)C(=O)C(C2=NS(=O)(=O)c3cc(OCC#N)ccc3N2)=C(O)c2ccccc21. The van der Waals surface area contributed by atoms with Crippen molar-refractivity contribution in [1.29, 1.82) is 5.26 Å². The number of aliphatic hydroxyl groups is 1. The Labute approximate surface area is 211 Å². The first kappa shape index (κ1) is 25.5. The number of unbranched alkanes of at least 4 members (excludes halogenated alkanes) is 2. The lowest BCUT2D eigenvalue weighted by molar-refractivity contribution is -0.121. The van der Waals surface area contributed by atoms with Crippen LogP contribution in [0, 0.1) is 11.3 Å². The molecule has 0 aromatic heterocycles. The topological polar surface area (TPSA) is 129 Å². The summed E-state index contributed by atoms with van der Waals surface area (Å²) in [6.07, 6.45) is 4.59. The summed E-state index contributed by atoms with van der Waals surface area (Å²) < 4.78 is 35.5. The first-order chi connectivity index (χ1) is 17.3. The van der Waals surface area contributed by atoms with Crippen molar-refractivity contribution in [1.82, 2.24) is 0 Å². The number of amidine groups is 1. The van der Waals surface area contributed by atoms with Crippen molar-refractivity contribution in [2.24, 2.45) is 4.40 Å². The number of Topliss-reactive ketones (excluding diaryl/α,β-unsaturated/α-hetero) is 1. The quantitative estimate of drug-likeness (QED) is 0.473. The monoisotopic (exact) mass is 507 g/mol. The molecule has 2 N–H and O–H groups in total. The highest BCUT2D eigenvalue weighted by molar-refractivity contribution is 7.90. The molecule has 0 atom stereocenters. The van der Waals surface area contributed by atoms with Crippen molar-refractivity contribution in [3.63, 3.8) is 0 Å². The molecule has 4 rings (SSSR count). The van der Waals surface area contributed by atoms with Gasteiger partial charge in [-0.3, -0.25) is 4.79 Å². The summed E-state index contributed by atoms with van der Waals surface area (Å²) in [5.41, 5.74) is 0.515. The van der Waals surface area contributed by atoms with E-state index in [4.69, 9.17) is 10.00 Å². The number of benzene rings is 2. The Balaban J connectivity index is 1.86. The number of nitriles is 1. The van der Waals surface area contributed by atoms with E-state index in [0.717, 1.165) is 31.2 Å². The number of carbonyl (C=O) groups is 1. The van der Waals surface area contributed by atoms with Crippen LogP contribution in [0.2, 0.25) is 0 Å². The zero-order valence-electron chi connectivity index (χ0n) is 20.4. The van der Waals surface area contributed by atoms with Gasteiger partial charge in [0.1, 0.15) is 28.0 Å². The summed E-state index contributed by atoms with van der Waals surface area (Å²) >= 11 is 0. The smallest absolute Gasteiger partial charge is 0.286 e. The largest absolute Gasteiger partial charge is 0.506 e. The van der Waals surface area contributed by atoms with Gasteiger partial charge in [0.15, 0.2) is 18.2 Å². The van der Waals surface area contributed by atoms with Crippen LogP contribution in [0.25, 0.3) is 5.76 Å². The Morgan fingerprint density at radius 3 is 2.47 bits per heavy atom. The number of ether oxygens (including phenoxy) is 1. The minimum absolute atomic E-state index is 0.111. The highest BCUT2D eigenvalue weighted by atomic mass is 32.2. The standard InChI is InChI=1S/C27H29N3O5S/c1-3-5-13-27(14-6-4-2)20-10-8-7-9-19(20)24(31)23(25(27)32)26-29-21-12-11-18(35-16-15-28)17-22(21)36(33,34)30-26/h7-12,17,31H,3-6,13-14,16H2,1-2H3,(H,29,30). The van der Waals surface area contributed by atoms with Gasteiger partial charge in [-0.05, 0) is 30.5 Å². The summed E-state index contributed by atoms with van der Waals surface area (Å²) in [6.45, 7) is 3.89. The average Bonchev–Trinajstić information content (AvgIpc) is 2.87. The molecule has 188 valence electrons. The van der Waals surface area contributed by atoms with E-state index in [-0.39, 0.29) is 45.9 Å². The zero-order valence-corrected chi connectivity index (χ0v) is 21.2. The molecule has 2 aromatic carbocycles. The Morgan fingerprint density at radius 2 is 1.81 bits per heavy atom. The summed E-state index contributed by atoms with van der Waals surface area (Å²) in [5, 5.41) is 23.0. The van der Waals surface area contributed by atoms with Crippen LogP contribution in [-0.4, -0.2) is 31.8 Å². The number of sulfonamides is 1. The van der Waals surface area contributed by atoms with E-state index in [9.17, 15) is 18.3 Å². The number of aliphatic hydroxyl groups excluding tert-OH is 1. The normalized spacial score (nSPS) is 17.4. The molecular weight excluding hydrogens is 478 g/mol. The predicted octanol–water partition coefficient (Wildman–Crippen LogP) is 5.27. The third-order valence-corrected chi connectivity index (χ3v) is 8.06. The van der Waals surface area contributed by atoms with Gasteiger partial charge < -0.3 is 15.2 Å². The number of hydrogen-bond donors (Lipinski definition) is 2. The fraction of sp³-hybridized carbons (Fsp3) is 0.370. The predicted molar refractivity (Wildman–Crippen MR) is 138 cm³/mol. The molecule has 0 radical (unpaired) electrons. The van der Waals surface area contributed by atoms with Gasteiger partial charge in [0.2, 0.25) is 0 Å². The fourth-order valence-electron chi connectivity index (χ4n) is 4.96. The molecule has 0 fully saturated rings. The molecule has 0 amide bonds. The lowest BCUT2D eigenvalue weighted by atomic mass is 9.63. The first-order valence-corrected chi connectivity index (χ1v) is 13.6. The highest BCUT2D eigenvalue weighted by Gasteiger charge is 2.48. The number of fused-ring (bicyclic) bond motifs is 2. The van der Waals surface area contributed by atoms with Gasteiger partial charge in [-0.15, -0.1) is 4.40 Å². The summed E-state index contributed by atoms with van der Waals surface area (Å²) in [5.74, 6) is -0.581. The number of nitrogens with one attached hydrogen (secondary N) is 1. The molecule has 0 bridgehead atoms. The molecular formula is C27H29N3O5S. The van der Waals surface area contributed by atoms with Gasteiger partial charge in [-0.2, -0.15) is 13.7 Å². The maximum Gasteiger partial charge on any atom is 0.286 e. The van der Waals surface area contributed by atoms with E-state index < -0.39 is 15.4 Å². The minimum atomic E-state index is -4.22. The van der Waals surface area contributed by atoms with Gasteiger partial charge in [0, 0.05) is 11.6 Å². The third kappa shape index (κ3) is 4.37. The molecule has 0 saturated heterocycles. The van der Waals surface area contributed by atoms with E-state index in [0.29, 0.717) is 18.4 Å². The number of anilines is 1. The number of rotatable bonds is 9. The second-order valence-electron chi connectivity index (χ2n) is 9.03. The van der Waals surface area contributed by atoms with Gasteiger partial charge in [-0.25, -0.2) is 0 Å². The number of hydrogen-bond acceptors (Lipinski definition) is 7. The highest BCUT2D eigenvalue weighted by Crippen LogP contribution is 2.47. The van der Waals surface area contributed by atoms with Crippen molar-refractivity contribution in [2.75, 3.05) is 11.9 Å². The Kier molecular flexibility index (Phi) is 7.18. The van der Waals surface area contributed by atoms with E-state index in [2.05, 4.69) is 23.6 Å². The second kappa shape index (κ2) is 10.2. The molecule has 0 spiro atoms. The summed E-state index contributed by atoms with van der Waals surface area (Å²) in [4.78, 5) is 14.1. The van der Waals surface area contributed by atoms with Crippen LogP contribution in [0.3, 0.4) is 0 Å². The van der Waals surface area contributed by atoms with Gasteiger partial charge in [0.05, 0.1) is 11.1 Å². The summed E-state index contributed by atoms with van der Waals surface area (Å²) in [7, 11) is -4.22. The van der Waals surface area contributed by atoms with E-state index in [1.54, 1.807) is 12.1 Å². The van der Waals surface area contributed by atoms with Crippen LogP contribution in [-0.2, 0) is 20.2 Å². The Hall–Kier alpha value is -3.64. The molecule has 2 aromatic rings. The molecule has 0 saturated carbocycles. The molecule has 9 heteroatoms. The average molecular weight is 508 g/mol. The Morgan fingerprint density at radius 1 is 1.11 bits per heavy atom. The second-order valence-corrected chi connectivity index (χ2v) is 10.6. The number of nitrogens with zero attached hydrogens (tertiary/aromatic N) is 2. The lowest BCUT2D eigenvalue weighted by Gasteiger charge is -2.39. The van der Waals surface area contributed by atoms with Gasteiger partial charge >= 0.3 is 0 Å². The maximum absolute atomic E-state index is 14.2. The van der Waals surface area contributed by atoms with Crippen LogP contribution in [0.1, 0.15) is 63.5 Å². The van der Waals surface area contributed by atoms with E-state index in [1.165, 1.54) is 18.2 Å².